The van der Waals surface area contributed by atoms with Crippen LogP contribution in [0.25, 0.3) is 0 Å². The number of nitrogens with two attached hydrogens (primary N) is 1. The van der Waals surface area contributed by atoms with Gasteiger partial charge in [0.05, 0.1) is 11.4 Å². The molecular formula is C12H24N4S. The van der Waals surface area contributed by atoms with Gasteiger partial charge in [-0.15, -0.1) is 0 Å². The zero-order valence-corrected chi connectivity index (χ0v) is 11.9. The molecule has 98 valence electrons. The van der Waals surface area contributed by atoms with Gasteiger partial charge in [-0.3, -0.25) is 4.68 Å². The molecule has 4 nitrogen and oxygen atoms in total. The maximum atomic E-state index is 5.94. The fraction of sp³-hybridized carbons (Fsp3) is 0.750. The minimum atomic E-state index is 0.773. The van der Waals surface area contributed by atoms with Crippen molar-refractivity contribution in [1.29, 1.82) is 0 Å². The summed E-state index contributed by atoms with van der Waals surface area (Å²) in [6, 6.07) is 0. The van der Waals surface area contributed by atoms with Crippen LogP contribution in [0.3, 0.4) is 0 Å². The standard InChI is InChI=1S/C12H24N4S/c1-10-11(13)12(16(2)15-10)14-8-6-4-5-7-9-17-3/h14H,4-9,13H2,1-3H3. The molecule has 0 bridgehead atoms. The summed E-state index contributed by atoms with van der Waals surface area (Å²) in [5.41, 5.74) is 7.61. The van der Waals surface area contributed by atoms with Crippen molar-refractivity contribution in [3.05, 3.63) is 5.69 Å². The first kappa shape index (κ1) is 14.2. The molecule has 0 aliphatic carbocycles. The van der Waals surface area contributed by atoms with Gasteiger partial charge in [-0.1, -0.05) is 12.8 Å². The van der Waals surface area contributed by atoms with E-state index >= 15 is 0 Å². The highest BCUT2D eigenvalue weighted by Gasteiger charge is 2.08. The Hall–Kier alpha value is -0.840. The topological polar surface area (TPSA) is 55.9 Å². The first-order valence-electron chi connectivity index (χ1n) is 6.18. The molecule has 0 aromatic carbocycles. The predicted molar refractivity (Wildman–Crippen MR) is 77.7 cm³/mol. The number of aromatic nitrogens is 2. The highest BCUT2D eigenvalue weighted by atomic mass is 32.2. The van der Waals surface area contributed by atoms with Gasteiger partial charge in [0.25, 0.3) is 0 Å². The van der Waals surface area contributed by atoms with E-state index < -0.39 is 0 Å². The second-order valence-electron chi connectivity index (χ2n) is 4.31. The number of nitrogens with zero attached hydrogens (tertiary/aromatic N) is 2. The van der Waals surface area contributed by atoms with Crippen molar-refractivity contribution >= 4 is 23.3 Å². The summed E-state index contributed by atoms with van der Waals surface area (Å²) in [5, 5.41) is 7.64. The largest absolute Gasteiger partial charge is 0.394 e. The Morgan fingerprint density at radius 3 is 2.59 bits per heavy atom. The molecule has 5 heteroatoms. The van der Waals surface area contributed by atoms with E-state index in [0.29, 0.717) is 0 Å². The summed E-state index contributed by atoms with van der Waals surface area (Å²) in [6.45, 7) is 2.91. The van der Waals surface area contributed by atoms with E-state index in [0.717, 1.165) is 23.7 Å². The SMILES string of the molecule is CSCCCCCCNc1c(N)c(C)nn1C. The Kier molecular flexibility index (Phi) is 6.26. The van der Waals surface area contributed by atoms with Crippen molar-refractivity contribution in [2.75, 3.05) is 29.6 Å². The van der Waals surface area contributed by atoms with E-state index in [1.165, 1.54) is 31.4 Å². The highest BCUT2D eigenvalue weighted by molar-refractivity contribution is 7.98. The van der Waals surface area contributed by atoms with Crippen molar-refractivity contribution in [2.24, 2.45) is 7.05 Å². The zero-order chi connectivity index (χ0) is 12.7. The number of nitrogen functional groups attached to an aromatic ring is 1. The number of thioether (sulfide) groups is 1. The third kappa shape index (κ3) is 4.50. The summed E-state index contributed by atoms with van der Waals surface area (Å²) < 4.78 is 1.82. The summed E-state index contributed by atoms with van der Waals surface area (Å²) in [6.07, 6.45) is 7.29. The van der Waals surface area contributed by atoms with Crippen molar-refractivity contribution < 1.29 is 0 Å². The molecule has 0 aliphatic heterocycles. The van der Waals surface area contributed by atoms with Crippen molar-refractivity contribution in [1.82, 2.24) is 9.78 Å². The number of unbranched alkanes of at least 4 members (excludes halogenated alkanes) is 3. The number of anilines is 2. The molecule has 0 fully saturated rings. The molecule has 0 atom stereocenters. The second-order valence-corrected chi connectivity index (χ2v) is 5.29. The van der Waals surface area contributed by atoms with E-state index in [-0.39, 0.29) is 0 Å². The lowest BCUT2D eigenvalue weighted by Crippen LogP contribution is -2.07. The molecule has 0 radical (unpaired) electrons. The number of hydrogen-bond donors (Lipinski definition) is 2. The van der Waals surface area contributed by atoms with Crippen LogP contribution in [-0.4, -0.2) is 28.3 Å². The van der Waals surface area contributed by atoms with E-state index in [9.17, 15) is 0 Å². The number of rotatable bonds is 8. The molecule has 0 amide bonds. The van der Waals surface area contributed by atoms with Crippen LogP contribution in [0.15, 0.2) is 0 Å². The molecule has 0 saturated heterocycles. The van der Waals surface area contributed by atoms with Gasteiger partial charge in [-0.2, -0.15) is 16.9 Å². The molecule has 0 aliphatic rings. The highest BCUT2D eigenvalue weighted by Crippen LogP contribution is 2.20. The zero-order valence-electron chi connectivity index (χ0n) is 11.1. The van der Waals surface area contributed by atoms with E-state index in [2.05, 4.69) is 16.7 Å². The third-order valence-corrected chi connectivity index (χ3v) is 3.53. The third-order valence-electron chi connectivity index (χ3n) is 2.84. The number of nitrogens with one attached hydrogen (secondary N) is 1. The summed E-state index contributed by atoms with van der Waals surface area (Å²) >= 11 is 1.93. The van der Waals surface area contributed by atoms with Gasteiger partial charge >= 0.3 is 0 Å². The maximum Gasteiger partial charge on any atom is 0.147 e. The van der Waals surface area contributed by atoms with Crippen LogP contribution < -0.4 is 11.1 Å². The van der Waals surface area contributed by atoms with Crippen molar-refractivity contribution in [3.63, 3.8) is 0 Å². The molecule has 0 saturated carbocycles. The number of aryl methyl sites for hydroxylation is 2. The van der Waals surface area contributed by atoms with E-state index in [1.54, 1.807) is 0 Å². The lowest BCUT2D eigenvalue weighted by molar-refractivity contribution is 0.683. The van der Waals surface area contributed by atoms with Crippen LogP contribution in [0.2, 0.25) is 0 Å². The fourth-order valence-corrected chi connectivity index (χ4v) is 2.31. The van der Waals surface area contributed by atoms with Crippen molar-refractivity contribution in [2.45, 2.75) is 32.6 Å². The molecule has 1 rings (SSSR count). The van der Waals surface area contributed by atoms with Crippen LogP contribution in [0.1, 0.15) is 31.4 Å². The minimum Gasteiger partial charge on any atom is -0.394 e. The first-order chi connectivity index (χ1) is 8.16. The smallest absolute Gasteiger partial charge is 0.147 e. The van der Waals surface area contributed by atoms with Gasteiger partial charge in [0.15, 0.2) is 0 Å². The Labute approximate surface area is 108 Å². The Morgan fingerprint density at radius 2 is 2.00 bits per heavy atom. The lowest BCUT2D eigenvalue weighted by atomic mass is 10.2. The molecule has 17 heavy (non-hydrogen) atoms. The normalized spacial score (nSPS) is 10.8. The lowest BCUT2D eigenvalue weighted by Gasteiger charge is -2.07. The Morgan fingerprint density at radius 1 is 1.29 bits per heavy atom. The van der Waals surface area contributed by atoms with E-state index in [1.807, 2.05) is 30.4 Å². The van der Waals surface area contributed by atoms with E-state index in [4.69, 9.17) is 5.73 Å². The van der Waals surface area contributed by atoms with Crippen LogP contribution in [0.4, 0.5) is 11.5 Å². The van der Waals surface area contributed by atoms with Gasteiger partial charge in [0.2, 0.25) is 0 Å². The minimum absolute atomic E-state index is 0.773. The molecule has 0 unspecified atom stereocenters. The number of hydrogen-bond acceptors (Lipinski definition) is 4. The van der Waals surface area contributed by atoms with Crippen LogP contribution in [0, 0.1) is 6.92 Å². The quantitative estimate of drug-likeness (QED) is 0.702. The molecule has 1 aromatic heterocycles. The molecule has 0 spiro atoms. The fourth-order valence-electron chi connectivity index (χ4n) is 1.82. The van der Waals surface area contributed by atoms with Gasteiger partial charge in [-0.25, -0.2) is 0 Å². The summed E-state index contributed by atoms with van der Waals surface area (Å²) in [5.74, 6) is 2.23. The summed E-state index contributed by atoms with van der Waals surface area (Å²) in [7, 11) is 1.92. The monoisotopic (exact) mass is 256 g/mol. The molecule has 1 heterocycles. The van der Waals surface area contributed by atoms with Crippen LogP contribution >= 0.6 is 11.8 Å². The molecular weight excluding hydrogens is 232 g/mol. The van der Waals surface area contributed by atoms with Gasteiger partial charge < -0.3 is 11.1 Å². The molecule has 3 N–H and O–H groups in total. The van der Waals surface area contributed by atoms with Crippen LogP contribution in [-0.2, 0) is 7.05 Å². The Bertz CT molecular complexity index is 335. The van der Waals surface area contributed by atoms with Gasteiger partial charge in [0, 0.05) is 13.6 Å². The second kappa shape index (κ2) is 7.48. The van der Waals surface area contributed by atoms with Crippen molar-refractivity contribution in [3.8, 4) is 0 Å². The van der Waals surface area contributed by atoms with Gasteiger partial charge in [0.1, 0.15) is 5.82 Å². The Balaban J connectivity index is 2.18. The summed E-state index contributed by atoms with van der Waals surface area (Å²) in [4.78, 5) is 0. The van der Waals surface area contributed by atoms with Crippen LogP contribution in [0.5, 0.6) is 0 Å². The maximum absolute atomic E-state index is 5.94. The average molecular weight is 256 g/mol. The van der Waals surface area contributed by atoms with Gasteiger partial charge in [-0.05, 0) is 31.8 Å². The molecule has 1 aromatic rings. The predicted octanol–water partition coefficient (Wildman–Crippen LogP) is 2.65. The average Bonchev–Trinajstić information content (AvgIpc) is 2.54. The first-order valence-corrected chi connectivity index (χ1v) is 7.58.